The van der Waals surface area contributed by atoms with E-state index in [1.165, 1.54) is 6.07 Å². The van der Waals surface area contributed by atoms with Crippen molar-refractivity contribution in [2.45, 2.75) is 44.9 Å². The Morgan fingerprint density at radius 3 is 2.52 bits per heavy atom. The number of hydrogen-bond acceptors (Lipinski definition) is 4. The lowest BCUT2D eigenvalue weighted by molar-refractivity contribution is 0.0202. The summed E-state index contributed by atoms with van der Waals surface area (Å²) >= 11 is 0. The molecule has 1 aromatic rings. The third-order valence-corrected chi connectivity index (χ3v) is 3.89. The summed E-state index contributed by atoms with van der Waals surface area (Å²) in [6, 6.07) is 6.42. The van der Waals surface area contributed by atoms with Crippen molar-refractivity contribution in [1.29, 1.82) is 0 Å². The zero-order chi connectivity index (χ0) is 15.7. The van der Waals surface area contributed by atoms with Crippen LogP contribution in [0.25, 0.3) is 0 Å². The Balaban J connectivity index is 2.31. The van der Waals surface area contributed by atoms with Crippen LogP contribution in [0.3, 0.4) is 0 Å². The van der Waals surface area contributed by atoms with Crippen molar-refractivity contribution in [3.63, 3.8) is 0 Å². The molecule has 120 valence electrons. The molecule has 0 saturated heterocycles. The normalized spacial score (nSPS) is 13.4. The van der Waals surface area contributed by atoms with Gasteiger partial charge in [0.1, 0.15) is 5.82 Å². The Bertz CT molecular complexity index is 402. The number of benzene rings is 1. The lowest BCUT2D eigenvalue weighted by Gasteiger charge is -2.32. The third kappa shape index (κ3) is 5.71. The number of hydrogen-bond donors (Lipinski definition) is 3. The fourth-order valence-electron chi connectivity index (χ4n) is 2.09. The number of nitrogens with one attached hydrogen (secondary N) is 1. The van der Waals surface area contributed by atoms with Crippen LogP contribution >= 0.6 is 0 Å². The molecule has 0 fully saturated rings. The van der Waals surface area contributed by atoms with Crippen LogP contribution < -0.4 is 5.32 Å². The largest absolute Gasteiger partial charge is 0.394 e. The van der Waals surface area contributed by atoms with Crippen LogP contribution in [-0.4, -0.2) is 41.6 Å². The third-order valence-electron chi connectivity index (χ3n) is 3.89. The van der Waals surface area contributed by atoms with Crippen LogP contribution in [0.5, 0.6) is 0 Å². The molecule has 0 aliphatic rings. The Kier molecular flexibility index (Phi) is 7.82. The summed E-state index contributed by atoms with van der Waals surface area (Å²) in [6.07, 6.45) is 0.867. The van der Waals surface area contributed by atoms with Crippen molar-refractivity contribution in [1.82, 2.24) is 5.32 Å². The SMILES string of the molecule is CCC(CC)(CO)NCC(O)COCc1ccccc1F. The van der Waals surface area contributed by atoms with Gasteiger partial charge in [-0.2, -0.15) is 0 Å². The van der Waals surface area contributed by atoms with Gasteiger partial charge in [0.2, 0.25) is 0 Å². The molecule has 5 heteroatoms. The van der Waals surface area contributed by atoms with E-state index in [4.69, 9.17) is 4.74 Å². The van der Waals surface area contributed by atoms with E-state index in [-0.39, 0.29) is 31.2 Å². The van der Waals surface area contributed by atoms with Crippen LogP contribution in [-0.2, 0) is 11.3 Å². The zero-order valence-electron chi connectivity index (χ0n) is 12.8. The molecule has 0 saturated carbocycles. The molecule has 0 aliphatic carbocycles. The highest BCUT2D eigenvalue weighted by Gasteiger charge is 2.25. The molecule has 4 nitrogen and oxygen atoms in total. The van der Waals surface area contributed by atoms with E-state index in [1.54, 1.807) is 18.2 Å². The molecule has 1 atom stereocenters. The van der Waals surface area contributed by atoms with Gasteiger partial charge in [0.15, 0.2) is 0 Å². The zero-order valence-corrected chi connectivity index (χ0v) is 12.8. The molecule has 0 amide bonds. The first-order valence-electron chi connectivity index (χ1n) is 7.42. The van der Waals surface area contributed by atoms with Gasteiger partial charge in [-0.3, -0.25) is 0 Å². The predicted molar refractivity (Wildman–Crippen MR) is 80.5 cm³/mol. The second-order valence-corrected chi connectivity index (χ2v) is 5.29. The van der Waals surface area contributed by atoms with E-state index in [9.17, 15) is 14.6 Å². The number of β-amino-alcohol motifs (C(OH)–C–C–N with tert-alkyl or cyclic N) is 1. The molecule has 0 radical (unpaired) electrons. The average molecular weight is 299 g/mol. The quantitative estimate of drug-likeness (QED) is 0.617. The Morgan fingerprint density at radius 2 is 1.95 bits per heavy atom. The molecule has 0 bridgehead atoms. The van der Waals surface area contributed by atoms with Gasteiger partial charge in [0, 0.05) is 17.6 Å². The smallest absolute Gasteiger partial charge is 0.128 e. The van der Waals surface area contributed by atoms with Crippen molar-refractivity contribution in [3.05, 3.63) is 35.6 Å². The summed E-state index contributed by atoms with van der Waals surface area (Å²) in [6.45, 7) is 4.61. The van der Waals surface area contributed by atoms with E-state index < -0.39 is 6.10 Å². The molecule has 1 aromatic carbocycles. The van der Waals surface area contributed by atoms with Crippen LogP contribution in [0.2, 0.25) is 0 Å². The lowest BCUT2D eigenvalue weighted by Crippen LogP contribution is -2.50. The number of ether oxygens (including phenoxy) is 1. The first-order chi connectivity index (χ1) is 10.1. The number of aliphatic hydroxyl groups is 2. The maximum Gasteiger partial charge on any atom is 0.128 e. The molecular weight excluding hydrogens is 273 g/mol. The predicted octanol–water partition coefficient (Wildman–Crippen LogP) is 1.84. The summed E-state index contributed by atoms with van der Waals surface area (Å²) in [7, 11) is 0. The standard InChI is InChI=1S/C16H26FNO3/c1-3-16(4-2,12-19)18-9-14(20)11-21-10-13-7-5-6-8-15(13)17/h5-8,14,18-20H,3-4,9-12H2,1-2H3. The second-order valence-electron chi connectivity index (χ2n) is 5.29. The van der Waals surface area contributed by atoms with Gasteiger partial charge in [-0.15, -0.1) is 0 Å². The highest BCUT2D eigenvalue weighted by atomic mass is 19.1. The van der Waals surface area contributed by atoms with E-state index in [1.807, 2.05) is 13.8 Å². The topological polar surface area (TPSA) is 61.7 Å². The minimum absolute atomic E-state index is 0.0306. The van der Waals surface area contributed by atoms with Gasteiger partial charge in [0.05, 0.1) is 25.9 Å². The summed E-state index contributed by atoms with van der Waals surface area (Å²) in [4.78, 5) is 0. The average Bonchev–Trinajstić information content (AvgIpc) is 2.51. The highest BCUT2D eigenvalue weighted by molar-refractivity contribution is 5.16. The van der Waals surface area contributed by atoms with Gasteiger partial charge < -0.3 is 20.3 Å². The van der Waals surface area contributed by atoms with Crippen LogP contribution in [0, 0.1) is 5.82 Å². The van der Waals surface area contributed by atoms with E-state index in [2.05, 4.69) is 5.32 Å². The van der Waals surface area contributed by atoms with Gasteiger partial charge in [0.25, 0.3) is 0 Å². The minimum atomic E-state index is -0.694. The first kappa shape index (κ1) is 18.0. The Labute approximate surface area is 125 Å². The fourth-order valence-corrected chi connectivity index (χ4v) is 2.09. The van der Waals surface area contributed by atoms with Crippen LogP contribution in [0.4, 0.5) is 4.39 Å². The van der Waals surface area contributed by atoms with Crippen LogP contribution in [0.15, 0.2) is 24.3 Å². The minimum Gasteiger partial charge on any atom is -0.394 e. The van der Waals surface area contributed by atoms with Crippen LogP contribution in [0.1, 0.15) is 32.3 Å². The van der Waals surface area contributed by atoms with E-state index in [0.29, 0.717) is 12.1 Å². The molecule has 0 aromatic heterocycles. The molecule has 0 spiro atoms. The number of rotatable bonds is 10. The monoisotopic (exact) mass is 299 g/mol. The van der Waals surface area contributed by atoms with Gasteiger partial charge in [-0.25, -0.2) is 4.39 Å². The lowest BCUT2D eigenvalue weighted by atomic mass is 9.94. The van der Waals surface area contributed by atoms with E-state index in [0.717, 1.165) is 12.8 Å². The number of halogens is 1. The molecule has 0 heterocycles. The number of aliphatic hydroxyl groups excluding tert-OH is 2. The van der Waals surface area contributed by atoms with E-state index >= 15 is 0 Å². The molecule has 0 aliphatic heterocycles. The van der Waals surface area contributed by atoms with Crippen molar-refractivity contribution in [2.24, 2.45) is 0 Å². The maximum atomic E-state index is 13.4. The summed E-state index contributed by atoms with van der Waals surface area (Å²) in [5.74, 6) is -0.304. The molecule has 1 rings (SSSR count). The van der Waals surface area contributed by atoms with Crippen molar-refractivity contribution in [3.8, 4) is 0 Å². The summed E-state index contributed by atoms with van der Waals surface area (Å²) in [5, 5.41) is 22.5. The Hall–Kier alpha value is -1.01. The van der Waals surface area contributed by atoms with Crippen molar-refractivity contribution < 1.29 is 19.3 Å². The molecule has 1 unspecified atom stereocenters. The molecular formula is C16H26FNO3. The van der Waals surface area contributed by atoms with Crippen molar-refractivity contribution >= 4 is 0 Å². The van der Waals surface area contributed by atoms with Gasteiger partial charge in [-0.05, 0) is 18.9 Å². The molecule has 3 N–H and O–H groups in total. The second kappa shape index (κ2) is 9.10. The Morgan fingerprint density at radius 1 is 1.29 bits per heavy atom. The highest BCUT2D eigenvalue weighted by Crippen LogP contribution is 2.14. The van der Waals surface area contributed by atoms with Crippen molar-refractivity contribution in [2.75, 3.05) is 19.8 Å². The van der Waals surface area contributed by atoms with Gasteiger partial charge in [-0.1, -0.05) is 32.0 Å². The summed E-state index contributed by atoms with van der Waals surface area (Å²) < 4.78 is 18.7. The first-order valence-corrected chi connectivity index (χ1v) is 7.42. The summed E-state index contributed by atoms with van der Waals surface area (Å²) in [5.41, 5.74) is 0.122. The van der Waals surface area contributed by atoms with Gasteiger partial charge >= 0.3 is 0 Å². The fraction of sp³-hybridized carbons (Fsp3) is 0.625. The maximum absolute atomic E-state index is 13.4. The molecule has 21 heavy (non-hydrogen) atoms.